The number of benzene rings is 8. The lowest BCUT2D eigenvalue weighted by Gasteiger charge is -2.18. The highest BCUT2D eigenvalue weighted by atomic mass is 16.3. The Hall–Kier alpha value is -5.99. The van der Waals surface area contributed by atoms with Crippen molar-refractivity contribution in [2.45, 2.75) is 0 Å². The fourth-order valence-corrected chi connectivity index (χ4v) is 6.73. The second-order valence-corrected chi connectivity index (χ2v) is 11.5. The Morgan fingerprint density at radius 3 is 1.58 bits per heavy atom. The molecule has 0 saturated carbocycles. The number of nitrogens with zero attached hydrogens (tertiary/aromatic N) is 1. The van der Waals surface area contributed by atoms with Crippen LogP contribution < -0.4 is 0 Å². The minimum atomic E-state index is 0.639. The van der Waals surface area contributed by atoms with E-state index in [4.69, 9.17) is 9.40 Å². The molecule has 45 heavy (non-hydrogen) atoms. The number of hydrogen-bond acceptors (Lipinski definition) is 2. The summed E-state index contributed by atoms with van der Waals surface area (Å²) in [5.74, 6) is 0.639. The Morgan fingerprint density at radius 2 is 0.889 bits per heavy atom. The summed E-state index contributed by atoms with van der Waals surface area (Å²) in [6.07, 6.45) is 0. The molecule has 0 aliphatic carbocycles. The molecular weight excluding hydrogens is 546 g/mol. The molecule has 8 aromatic carbocycles. The highest BCUT2D eigenvalue weighted by Crippen LogP contribution is 2.44. The van der Waals surface area contributed by atoms with Crippen molar-refractivity contribution in [3.05, 3.63) is 164 Å². The number of rotatable bonds is 4. The first-order chi connectivity index (χ1) is 22.3. The Balaban J connectivity index is 1.21. The highest BCUT2D eigenvalue weighted by Gasteiger charge is 2.18. The Morgan fingerprint density at radius 1 is 0.356 bits per heavy atom. The van der Waals surface area contributed by atoms with Gasteiger partial charge in [0.1, 0.15) is 5.52 Å². The molecule has 0 aliphatic rings. The van der Waals surface area contributed by atoms with Gasteiger partial charge in [0.05, 0.1) is 0 Å². The summed E-state index contributed by atoms with van der Waals surface area (Å²) in [6.45, 7) is 0. The molecule has 9 rings (SSSR count). The minimum Gasteiger partial charge on any atom is -0.436 e. The van der Waals surface area contributed by atoms with Gasteiger partial charge in [-0.25, -0.2) is 4.98 Å². The Bertz CT molecular complexity index is 2470. The monoisotopic (exact) mass is 573 g/mol. The van der Waals surface area contributed by atoms with Crippen molar-refractivity contribution in [1.29, 1.82) is 0 Å². The van der Waals surface area contributed by atoms with E-state index in [-0.39, 0.29) is 0 Å². The van der Waals surface area contributed by atoms with E-state index in [1.54, 1.807) is 0 Å². The van der Waals surface area contributed by atoms with Gasteiger partial charge in [-0.15, -0.1) is 0 Å². The molecule has 0 aliphatic heterocycles. The summed E-state index contributed by atoms with van der Waals surface area (Å²) in [5.41, 5.74) is 9.83. The average molecular weight is 574 g/mol. The van der Waals surface area contributed by atoms with Gasteiger partial charge in [0.15, 0.2) is 5.58 Å². The first-order valence-corrected chi connectivity index (χ1v) is 15.3. The van der Waals surface area contributed by atoms with E-state index in [1.807, 2.05) is 30.3 Å². The molecule has 210 valence electrons. The third-order valence-electron chi connectivity index (χ3n) is 8.89. The minimum absolute atomic E-state index is 0.639. The highest BCUT2D eigenvalue weighted by molar-refractivity contribution is 6.21. The van der Waals surface area contributed by atoms with Gasteiger partial charge < -0.3 is 4.42 Å². The van der Waals surface area contributed by atoms with E-state index < -0.39 is 0 Å². The maximum atomic E-state index is 6.29. The molecule has 0 atom stereocenters. The van der Waals surface area contributed by atoms with Crippen molar-refractivity contribution < 1.29 is 4.42 Å². The summed E-state index contributed by atoms with van der Waals surface area (Å²) >= 11 is 0. The predicted molar refractivity (Wildman–Crippen MR) is 188 cm³/mol. The molecule has 0 bridgehead atoms. The lowest BCUT2D eigenvalue weighted by Crippen LogP contribution is -1.91. The molecule has 0 N–H and O–H groups in total. The van der Waals surface area contributed by atoms with Crippen LogP contribution in [0.4, 0.5) is 0 Å². The number of oxazole rings is 1. The van der Waals surface area contributed by atoms with Crippen molar-refractivity contribution in [2.24, 2.45) is 0 Å². The van der Waals surface area contributed by atoms with E-state index in [0.29, 0.717) is 5.89 Å². The van der Waals surface area contributed by atoms with Gasteiger partial charge in [-0.3, -0.25) is 0 Å². The zero-order chi connectivity index (χ0) is 29.7. The zero-order valence-electron chi connectivity index (χ0n) is 24.4. The quantitative estimate of drug-likeness (QED) is 0.196. The zero-order valence-corrected chi connectivity index (χ0v) is 24.4. The maximum Gasteiger partial charge on any atom is 0.227 e. The molecule has 0 spiro atoms. The number of hydrogen-bond donors (Lipinski definition) is 0. The molecule has 0 radical (unpaired) electrons. The largest absolute Gasteiger partial charge is 0.436 e. The topological polar surface area (TPSA) is 26.0 Å². The summed E-state index contributed by atoms with van der Waals surface area (Å²) in [7, 11) is 0. The van der Waals surface area contributed by atoms with Crippen LogP contribution in [0, 0.1) is 0 Å². The van der Waals surface area contributed by atoms with Crippen LogP contribution >= 0.6 is 0 Å². The molecule has 0 unspecified atom stereocenters. The summed E-state index contributed by atoms with van der Waals surface area (Å²) < 4.78 is 6.29. The van der Waals surface area contributed by atoms with Gasteiger partial charge in [-0.1, -0.05) is 133 Å². The van der Waals surface area contributed by atoms with E-state index in [2.05, 4.69) is 133 Å². The van der Waals surface area contributed by atoms with Crippen molar-refractivity contribution in [3.8, 4) is 44.8 Å². The second-order valence-electron chi connectivity index (χ2n) is 11.5. The SMILES string of the molecule is c1ccc(-c2nc3ccc(-c4c5ccccc5c(-c5ccc(-c6ccc7ccccc7c6)cc5)c5ccccc45)cc3o2)cc1. The molecule has 2 heteroatoms. The van der Waals surface area contributed by atoms with Crippen LogP contribution in [-0.2, 0) is 0 Å². The predicted octanol–water partition coefficient (Wildman–Crippen LogP) is 12.0. The fraction of sp³-hybridized carbons (Fsp3) is 0. The molecular formula is C43H27NO. The van der Waals surface area contributed by atoms with Crippen molar-refractivity contribution in [3.63, 3.8) is 0 Å². The Kier molecular flexibility index (Phi) is 5.85. The normalized spacial score (nSPS) is 11.6. The molecule has 9 aromatic rings. The molecule has 1 aromatic heterocycles. The average Bonchev–Trinajstić information content (AvgIpc) is 3.55. The van der Waals surface area contributed by atoms with Crippen molar-refractivity contribution >= 4 is 43.4 Å². The fourth-order valence-electron chi connectivity index (χ4n) is 6.73. The van der Waals surface area contributed by atoms with Gasteiger partial charge in [0.2, 0.25) is 5.89 Å². The smallest absolute Gasteiger partial charge is 0.227 e. The van der Waals surface area contributed by atoms with E-state index in [0.717, 1.165) is 22.2 Å². The molecule has 0 saturated heterocycles. The lowest BCUT2D eigenvalue weighted by atomic mass is 9.85. The number of fused-ring (bicyclic) bond motifs is 4. The summed E-state index contributed by atoms with van der Waals surface area (Å²) in [5, 5.41) is 7.40. The summed E-state index contributed by atoms with van der Waals surface area (Å²) in [4.78, 5) is 4.77. The first-order valence-electron chi connectivity index (χ1n) is 15.3. The van der Waals surface area contributed by atoms with E-state index in [1.165, 1.54) is 60.1 Å². The number of aromatic nitrogens is 1. The molecule has 0 amide bonds. The van der Waals surface area contributed by atoms with Gasteiger partial charge in [0, 0.05) is 5.56 Å². The lowest BCUT2D eigenvalue weighted by molar-refractivity contribution is 0.620. The third-order valence-corrected chi connectivity index (χ3v) is 8.89. The maximum absolute atomic E-state index is 6.29. The molecule has 2 nitrogen and oxygen atoms in total. The van der Waals surface area contributed by atoms with Crippen molar-refractivity contribution in [1.82, 2.24) is 4.98 Å². The van der Waals surface area contributed by atoms with Gasteiger partial charge in [-0.2, -0.15) is 0 Å². The first kappa shape index (κ1) is 25.5. The standard InChI is InChI=1S/C43H27NO/c1-2-11-31(12-3-1)43-44-39-25-24-34(27-40(39)45-43)42-37-16-8-6-14-35(37)41(36-15-7-9-17-38(36)42)30-21-18-29(19-22-30)33-23-20-28-10-4-5-13-32(28)26-33/h1-27H. The summed E-state index contributed by atoms with van der Waals surface area (Å²) in [6, 6.07) is 58.2. The van der Waals surface area contributed by atoms with Gasteiger partial charge >= 0.3 is 0 Å². The van der Waals surface area contributed by atoms with E-state index >= 15 is 0 Å². The van der Waals surface area contributed by atoms with Crippen LogP contribution in [0.2, 0.25) is 0 Å². The van der Waals surface area contributed by atoms with Crippen LogP contribution in [0.3, 0.4) is 0 Å². The molecule has 1 heterocycles. The third kappa shape index (κ3) is 4.30. The Labute approximate surface area is 260 Å². The van der Waals surface area contributed by atoms with E-state index in [9.17, 15) is 0 Å². The second kappa shape index (κ2) is 10.3. The van der Waals surface area contributed by atoms with Crippen LogP contribution in [-0.4, -0.2) is 4.98 Å². The van der Waals surface area contributed by atoms with Gasteiger partial charge in [0.25, 0.3) is 0 Å². The van der Waals surface area contributed by atoms with Crippen LogP contribution in [0.15, 0.2) is 168 Å². The molecule has 0 fully saturated rings. The van der Waals surface area contributed by atoms with Gasteiger partial charge in [-0.05, 0) is 96.0 Å². The van der Waals surface area contributed by atoms with Crippen LogP contribution in [0.5, 0.6) is 0 Å². The van der Waals surface area contributed by atoms with Crippen LogP contribution in [0.1, 0.15) is 0 Å². The van der Waals surface area contributed by atoms with Crippen molar-refractivity contribution in [2.75, 3.05) is 0 Å². The van der Waals surface area contributed by atoms with Crippen LogP contribution in [0.25, 0.3) is 88.3 Å².